The maximum Gasteiger partial charge on any atom is 0.340 e. The van der Waals surface area contributed by atoms with Crippen molar-refractivity contribution in [1.82, 2.24) is 0 Å². The van der Waals surface area contributed by atoms with Gasteiger partial charge in [0.15, 0.2) is 0 Å². The SMILES string of the molecule is COC(=O)[C@@H]1C[C@](O)(c2ccccc2)[C@](C(=O)OC)(c2cccs2)N1c1ccccc1. The summed E-state index contributed by atoms with van der Waals surface area (Å²) in [6, 6.07) is 20.7. The number of methoxy groups -OCH3 is 2. The first kappa shape index (κ1) is 21.1. The molecule has 2 heterocycles. The van der Waals surface area contributed by atoms with Gasteiger partial charge in [0, 0.05) is 17.0 Å². The smallest absolute Gasteiger partial charge is 0.340 e. The maximum atomic E-state index is 13.7. The molecular formula is C24H23NO5S. The van der Waals surface area contributed by atoms with E-state index in [-0.39, 0.29) is 6.42 Å². The standard InChI is InChI=1S/C24H23NO5S/c1-29-21(26)19-16-23(28,17-10-5-3-6-11-17)24(22(27)30-2,20-14-9-15-31-20)25(19)18-12-7-4-8-13-18/h3-15,19,28H,16H2,1-2H3/t19-,23-,24+/m0/s1. The van der Waals surface area contributed by atoms with Crippen LogP contribution in [0.25, 0.3) is 0 Å². The second-order valence-corrected chi connectivity index (χ2v) is 8.30. The van der Waals surface area contributed by atoms with Gasteiger partial charge in [0.1, 0.15) is 11.6 Å². The lowest BCUT2D eigenvalue weighted by molar-refractivity contribution is -0.158. The molecule has 0 saturated carbocycles. The van der Waals surface area contributed by atoms with Crippen LogP contribution in [0.5, 0.6) is 0 Å². The van der Waals surface area contributed by atoms with Crippen LogP contribution in [0.15, 0.2) is 78.2 Å². The number of hydrogen-bond acceptors (Lipinski definition) is 7. The Morgan fingerprint density at radius 1 is 0.968 bits per heavy atom. The molecule has 0 unspecified atom stereocenters. The lowest BCUT2D eigenvalue weighted by Gasteiger charge is -2.45. The fourth-order valence-electron chi connectivity index (χ4n) is 4.60. The minimum absolute atomic E-state index is 0.0500. The highest BCUT2D eigenvalue weighted by atomic mass is 32.1. The first-order valence-electron chi connectivity index (χ1n) is 9.83. The third-order valence-corrected chi connectivity index (χ3v) is 6.86. The maximum absolute atomic E-state index is 13.7. The lowest BCUT2D eigenvalue weighted by Crippen LogP contribution is -2.60. The zero-order valence-corrected chi connectivity index (χ0v) is 18.0. The van der Waals surface area contributed by atoms with E-state index >= 15 is 0 Å². The quantitative estimate of drug-likeness (QED) is 0.616. The van der Waals surface area contributed by atoms with Gasteiger partial charge in [-0.2, -0.15) is 0 Å². The summed E-state index contributed by atoms with van der Waals surface area (Å²) in [5.41, 5.74) is -2.34. The molecule has 1 N–H and O–H groups in total. The zero-order chi connectivity index (χ0) is 22.1. The molecule has 0 radical (unpaired) electrons. The largest absolute Gasteiger partial charge is 0.467 e. The number of rotatable bonds is 5. The van der Waals surface area contributed by atoms with Crippen LogP contribution < -0.4 is 4.90 Å². The number of ether oxygens (including phenoxy) is 2. The third kappa shape index (κ3) is 3.04. The van der Waals surface area contributed by atoms with Crippen LogP contribution in [-0.2, 0) is 30.2 Å². The minimum Gasteiger partial charge on any atom is -0.467 e. The minimum atomic E-state index is -1.76. The monoisotopic (exact) mass is 437 g/mol. The molecule has 3 aromatic rings. The van der Waals surface area contributed by atoms with E-state index in [4.69, 9.17) is 9.47 Å². The Balaban J connectivity index is 2.11. The molecule has 6 nitrogen and oxygen atoms in total. The summed E-state index contributed by atoms with van der Waals surface area (Å²) in [6.45, 7) is 0. The Hall–Kier alpha value is -3.16. The number of thiophene rings is 1. The predicted molar refractivity (Wildman–Crippen MR) is 118 cm³/mol. The Morgan fingerprint density at radius 2 is 1.61 bits per heavy atom. The normalized spacial score (nSPS) is 25.3. The molecule has 4 rings (SSSR count). The zero-order valence-electron chi connectivity index (χ0n) is 17.2. The Labute approximate surface area is 184 Å². The molecule has 0 aliphatic carbocycles. The number of carbonyl (C=O) groups is 2. The van der Waals surface area contributed by atoms with Gasteiger partial charge in [-0.1, -0.05) is 54.6 Å². The molecular weight excluding hydrogens is 414 g/mol. The summed E-state index contributed by atoms with van der Waals surface area (Å²) in [6.07, 6.45) is -0.0500. The van der Waals surface area contributed by atoms with Gasteiger partial charge in [0.25, 0.3) is 0 Å². The van der Waals surface area contributed by atoms with E-state index in [0.29, 0.717) is 16.1 Å². The van der Waals surface area contributed by atoms with Gasteiger partial charge in [-0.25, -0.2) is 9.59 Å². The molecule has 160 valence electrons. The highest BCUT2D eigenvalue weighted by Gasteiger charge is 2.71. The number of nitrogens with zero attached hydrogens (tertiary/aromatic N) is 1. The van der Waals surface area contributed by atoms with E-state index in [9.17, 15) is 14.7 Å². The fraction of sp³-hybridized carbons (Fsp3) is 0.250. The number of carbonyl (C=O) groups excluding carboxylic acids is 2. The molecule has 0 amide bonds. The predicted octanol–water partition coefficient (Wildman–Crippen LogP) is 3.46. The van der Waals surface area contributed by atoms with Crippen LogP contribution in [0.4, 0.5) is 5.69 Å². The molecule has 1 saturated heterocycles. The topological polar surface area (TPSA) is 76.1 Å². The highest BCUT2D eigenvalue weighted by Crippen LogP contribution is 2.57. The Kier molecular flexibility index (Phi) is 5.56. The second kappa shape index (κ2) is 8.17. The van der Waals surface area contributed by atoms with Crippen molar-refractivity contribution in [2.75, 3.05) is 19.1 Å². The van der Waals surface area contributed by atoms with Crippen LogP contribution in [0.1, 0.15) is 16.9 Å². The summed E-state index contributed by atoms with van der Waals surface area (Å²) < 4.78 is 10.4. The van der Waals surface area contributed by atoms with Crippen molar-refractivity contribution in [2.24, 2.45) is 0 Å². The van der Waals surface area contributed by atoms with E-state index in [1.807, 2.05) is 35.7 Å². The number of para-hydroxylation sites is 1. The fourth-order valence-corrected chi connectivity index (χ4v) is 5.58. The van der Waals surface area contributed by atoms with E-state index in [0.717, 1.165) is 0 Å². The van der Waals surface area contributed by atoms with Gasteiger partial charge in [0.05, 0.1) is 14.2 Å². The van der Waals surface area contributed by atoms with Crippen molar-refractivity contribution in [3.8, 4) is 0 Å². The van der Waals surface area contributed by atoms with Gasteiger partial charge in [-0.3, -0.25) is 0 Å². The van der Waals surface area contributed by atoms with Gasteiger partial charge in [-0.15, -0.1) is 11.3 Å². The summed E-state index contributed by atoms with van der Waals surface area (Å²) in [5.74, 6) is -1.20. The van der Waals surface area contributed by atoms with E-state index < -0.39 is 29.1 Å². The molecule has 0 spiro atoms. The molecule has 0 bridgehead atoms. The molecule has 1 aromatic heterocycles. The van der Waals surface area contributed by atoms with Crippen molar-refractivity contribution >= 4 is 29.0 Å². The highest BCUT2D eigenvalue weighted by molar-refractivity contribution is 7.10. The van der Waals surface area contributed by atoms with Crippen molar-refractivity contribution < 1.29 is 24.2 Å². The van der Waals surface area contributed by atoms with E-state index in [1.54, 1.807) is 47.4 Å². The molecule has 1 aliphatic heterocycles. The Morgan fingerprint density at radius 3 is 2.16 bits per heavy atom. The number of benzene rings is 2. The first-order valence-corrected chi connectivity index (χ1v) is 10.7. The van der Waals surface area contributed by atoms with Crippen LogP contribution in [-0.4, -0.2) is 37.3 Å². The molecule has 1 fully saturated rings. The summed E-state index contributed by atoms with van der Waals surface area (Å²) in [4.78, 5) is 28.9. The molecule has 1 aliphatic rings. The van der Waals surface area contributed by atoms with Crippen LogP contribution in [0.3, 0.4) is 0 Å². The molecule has 31 heavy (non-hydrogen) atoms. The summed E-state index contributed by atoms with van der Waals surface area (Å²) in [5, 5.41) is 14.2. The van der Waals surface area contributed by atoms with Crippen LogP contribution >= 0.6 is 11.3 Å². The van der Waals surface area contributed by atoms with E-state index in [1.165, 1.54) is 25.6 Å². The summed E-state index contributed by atoms with van der Waals surface area (Å²) in [7, 11) is 2.59. The Bertz CT molecular complexity index is 1060. The average Bonchev–Trinajstić information content (AvgIpc) is 3.45. The van der Waals surface area contributed by atoms with Gasteiger partial charge in [-0.05, 0) is 29.1 Å². The average molecular weight is 438 g/mol. The second-order valence-electron chi connectivity index (χ2n) is 7.35. The lowest BCUT2D eigenvalue weighted by atomic mass is 9.74. The summed E-state index contributed by atoms with van der Waals surface area (Å²) >= 11 is 1.32. The molecule has 7 heteroatoms. The molecule has 2 aromatic carbocycles. The third-order valence-electron chi connectivity index (χ3n) is 5.88. The molecule has 3 atom stereocenters. The van der Waals surface area contributed by atoms with Crippen molar-refractivity contribution in [3.05, 3.63) is 88.6 Å². The van der Waals surface area contributed by atoms with Gasteiger partial charge in [0.2, 0.25) is 5.54 Å². The van der Waals surface area contributed by atoms with Crippen molar-refractivity contribution in [3.63, 3.8) is 0 Å². The number of esters is 2. The first-order chi connectivity index (χ1) is 15.0. The van der Waals surface area contributed by atoms with Crippen molar-refractivity contribution in [1.29, 1.82) is 0 Å². The van der Waals surface area contributed by atoms with E-state index in [2.05, 4.69) is 0 Å². The van der Waals surface area contributed by atoms with Crippen molar-refractivity contribution in [2.45, 2.75) is 23.6 Å². The van der Waals surface area contributed by atoms with Crippen LogP contribution in [0.2, 0.25) is 0 Å². The van der Waals surface area contributed by atoms with Gasteiger partial charge >= 0.3 is 11.9 Å². The number of anilines is 1. The van der Waals surface area contributed by atoms with Gasteiger partial charge < -0.3 is 19.5 Å². The number of aliphatic hydroxyl groups is 1. The number of hydrogen-bond donors (Lipinski definition) is 1. The van der Waals surface area contributed by atoms with Crippen LogP contribution in [0, 0.1) is 0 Å².